The van der Waals surface area contributed by atoms with E-state index in [0.29, 0.717) is 5.82 Å². The molecule has 0 N–H and O–H groups in total. The maximum absolute atomic E-state index is 5.29. The summed E-state index contributed by atoms with van der Waals surface area (Å²) in [7, 11) is 0. The second kappa shape index (κ2) is 15.6. The van der Waals surface area contributed by atoms with Gasteiger partial charge in [0.25, 0.3) is 0 Å². The van der Waals surface area contributed by atoms with Crippen molar-refractivity contribution >= 4 is 21.8 Å². The van der Waals surface area contributed by atoms with Crippen LogP contribution < -0.4 is 0 Å². The van der Waals surface area contributed by atoms with Gasteiger partial charge in [0.1, 0.15) is 0 Å². The summed E-state index contributed by atoms with van der Waals surface area (Å²) in [5.41, 5.74) is 17.6. The minimum atomic E-state index is 0.682. The van der Waals surface area contributed by atoms with E-state index in [-0.39, 0.29) is 0 Å². The summed E-state index contributed by atoms with van der Waals surface area (Å²) in [6.45, 7) is 0. The summed E-state index contributed by atoms with van der Waals surface area (Å²) >= 11 is 0. The lowest BCUT2D eigenvalue weighted by Gasteiger charge is -2.13. The zero-order chi connectivity index (χ0) is 40.5. The number of para-hydroxylation sites is 2. The molecule has 0 saturated heterocycles. The number of nitrogens with zero attached hydrogens (tertiary/aromatic N) is 3. The van der Waals surface area contributed by atoms with Crippen LogP contribution in [0.5, 0.6) is 0 Å². The lowest BCUT2D eigenvalue weighted by Crippen LogP contribution is -1.98. The molecule has 0 unspecified atom stereocenters. The molecule has 2 aromatic heterocycles. The largest absolute Gasteiger partial charge is 0.309 e. The maximum atomic E-state index is 5.29. The predicted molar refractivity (Wildman–Crippen MR) is 254 cm³/mol. The van der Waals surface area contributed by atoms with E-state index < -0.39 is 0 Å². The Morgan fingerprint density at radius 2 is 0.623 bits per heavy atom. The van der Waals surface area contributed by atoms with Gasteiger partial charge in [0.05, 0.1) is 22.4 Å². The van der Waals surface area contributed by atoms with E-state index in [1.165, 1.54) is 44.1 Å². The Morgan fingerprint density at radius 3 is 1.18 bits per heavy atom. The predicted octanol–water partition coefficient (Wildman–Crippen LogP) is 15.2. The van der Waals surface area contributed by atoms with Gasteiger partial charge >= 0.3 is 0 Å². The van der Waals surface area contributed by atoms with Gasteiger partial charge in [-0.1, -0.05) is 188 Å². The topological polar surface area (TPSA) is 30.7 Å². The fourth-order valence-electron chi connectivity index (χ4n) is 8.57. The minimum Gasteiger partial charge on any atom is -0.309 e. The van der Waals surface area contributed by atoms with Crippen molar-refractivity contribution in [3.63, 3.8) is 0 Å². The van der Waals surface area contributed by atoms with Crippen molar-refractivity contribution in [2.45, 2.75) is 0 Å². The van der Waals surface area contributed by atoms with Crippen molar-refractivity contribution in [2.75, 3.05) is 0 Å². The molecule has 2 heterocycles. The molecule has 3 nitrogen and oxygen atoms in total. The Hall–Kier alpha value is -8.14. The van der Waals surface area contributed by atoms with Gasteiger partial charge in [0.2, 0.25) is 0 Å². The molecule has 0 aliphatic rings. The molecule has 286 valence electrons. The number of fused-ring (bicyclic) bond motifs is 3. The molecule has 0 aliphatic carbocycles. The van der Waals surface area contributed by atoms with Gasteiger partial charge in [0.15, 0.2) is 5.82 Å². The molecule has 61 heavy (non-hydrogen) atoms. The van der Waals surface area contributed by atoms with Crippen LogP contribution in [0, 0.1) is 0 Å². The second-order valence-corrected chi connectivity index (χ2v) is 15.4. The Balaban J connectivity index is 0.992. The normalized spacial score (nSPS) is 11.3. The molecule has 9 aromatic carbocycles. The first kappa shape index (κ1) is 36.0. The van der Waals surface area contributed by atoms with E-state index in [9.17, 15) is 0 Å². The first-order valence-electron chi connectivity index (χ1n) is 20.7. The summed E-state index contributed by atoms with van der Waals surface area (Å²) in [5, 5.41) is 2.47. The summed E-state index contributed by atoms with van der Waals surface area (Å²) < 4.78 is 2.36. The molecule has 0 saturated carbocycles. The van der Waals surface area contributed by atoms with Crippen molar-refractivity contribution < 1.29 is 0 Å². The van der Waals surface area contributed by atoms with E-state index in [0.717, 1.165) is 56.0 Å². The van der Waals surface area contributed by atoms with Crippen molar-refractivity contribution in [1.82, 2.24) is 14.5 Å². The molecular formula is C58H39N3. The fraction of sp³-hybridized carbons (Fsp3) is 0. The van der Waals surface area contributed by atoms with E-state index in [2.05, 4.69) is 235 Å². The molecule has 0 bridgehead atoms. The zero-order valence-corrected chi connectivity index (χ0v) is 33.4. The SMILES string of the molecule is c1ccc(-c2cccc(-c3cccc(-c4ccc(-c5cc(-c6cccc(-n7c8ccccc8c8ccccc87)c6)nc(-c6cccc(-c7ccccc7)c6)n5)cc4)c3)c2)cc1. The molecule has 3 heteroatoms. The van der Waals surface area contributed by atoms with Crippen LogP contribution in [0.3, 0.4) is 0 Å². The molecule has 0 radical (unpaired) electrons. The van der Waals surface area contributed by atoms with Crippen molar-refractivity contribution in [3.05, 3.63) is 237 Å². The molecule has 11 rings (SSSR count). The first-order chi connectivity index (χ1) is 30.2. The van der Waals surface area contributed by atoms with Crippen LogP contribution >= 0.6 is 0 Å². The first-order valence-corrected chi connectivity index (χ1v) is 20.7. The average molecular weight is 778 g/mol. The molecule has 0 fully saturated rings. The second-order valence-electron chi connectivity index (χ2n) is 15.4. The number of benzene rings is 9. The van der Waals surface area contributed by atoms with Crippen LogP contribution in [-0.2, 0) is 0 Å². The summed E-state index contributed by atoms with van der Waals surface area (Å²) in [5.74, 6) is 0.682. The lowest BCUT2D eigenvalue weighted by molar-refractivity contribution is 1.16. The maximum Gasteiger partial charge on any atom is 0.160 e. The number of aromatic nitrogens is 3. The zero-order valence-electron chi connectivity index (χ0n) is 33.4. The van der Waals surface area contributed by atoms with E-state index in [1.807, 2.05) is 6.07 Å². The van der Waals surface area contributed by atoms with Gasteiger partial charge in [-0.3, -0.25) is 0 Å². The van der Waals surface area contributed by atoms with Crippen molar-refractivity contribution in [2.24, 2.45) is 0 Å². The summed E-state index contributed by atoms with van der Waals surface area (Å²) in [6.07, 6.45) is 0. The monoisotopic (exact) mass is 777 g/mol. The van der Waals surface area contributed by atoms with Crippen LogP contribution in [0.15, 0.2) is 237 Å². The standard InChI is InChI=1S/C58H39N3/c1-3-15-40(16-4-1)44-19-11-22-47(35-44)48-23-12-20-45(36-48)42-31-33-43(34-32-42)54-39-55(60-58(59-54)50-25-13-21-46(37-50)41-17-5-2-6-18-41)49-24-14-26-51(38-49)61-56-29-9-7-27-52(56)53-28-8-10-30-57(53)61/h1-39H. The highest BCUT2D eigenvalue weighted by Gasteiger charge is 2.16. The highest BCUT2D eigenvalue weighted by atomic mass is 15.0. The number of hydrogen-bond donors (Lipinski definition) is 0. The van der Waals surface area contributed by atoms with Gasteiger partial charge < -0.3 is 4.57 Å². The molecule has 0 spiro atoms. The van der Waals surface area contributed by atoms with Crippen LogP contribution in [0.2, 0.25) is 0 Å². The van der Waals surface area contributed by atoms with Gasteiger partial charge in [-0.15, -0.1) is 0 Å². The molecule has 0 atom stereocenters. The Kier molecular flexibility index (Phi) is 9.18. The Labute approximate surface area is 355 Å². The van der Waals surface area contributed by atoms with Crippen LogP contribution in [0.4, 0.5) is 0 Å². The molecule has 0 amide bonds. The summed E-state index contributed by atoms with van der Waals surface area (Å²) in [6, 6.07) is 84.0. The quantitative estimate of drug-likeness (QED) is 0.154. The smallest absolute Gasteiger partial charge is 0.160 e. The van der Waals surface area contributed by atoms with Crippen LogP contribution in [-0.4, -0.2) is 14.5 Å². The molecular weight excluding hydrogens is 739 g/mol. The van der Waals surface area contributed by atoms with Gasteiger partial charge in [-0.05, 0) is 93.0 Å². The molecule has 0 aliphatic heterocycles. The van der Waals surface area contributed by atoms with Gasteiger partial charge in [-0.25, -0.2) is 9.97 Å². The average Bonchev–Trinajstić information content (AvgIpc) is 3.69. The lowest BCUT2D eigenvalue weighted by atomic mass is 9.95. The number of hydrogen-bond acceptors (Lipinski definition) is 2. The molecule has 11 aromatic rings. The van der Waals surface area contributed by atoms with Crippen molar-refractivity contribution in [1.29, 1.82) is 0 Å². The van der Waals surface area contributed by atoms with Gasteiger partial charge in [-0.2, -0.15) is 0 Å². The van der Waals surface area contributed by atoms with E-state index in [4.69, 9.17) is 9.97 Å². The van der Waals surface area contributed by atoms with E-state index in [1.54, 1.807) is 0 Å². The van der Waals surface area contributed by atoms with Gasteiger partial charge in [0, 0.05) is 33.2 Å². The summed E-state index contributed by atoms with van der Waals surface area (Å²) in [4.78, 5) is 10.6. The van der Waals surface area contributed by atoms with Crippen LogP contribution in [0.1, 0.15) is 0 Å². The third kappa shape index (κ3) is 6.98. The Bertz CT molecular complexity index is 3290. The van der Waals surface area contributed by atoms with Crippen LogP contribution in [0.25, 0.3) is 106 Å². The highest BCUT2D eigenvalue weighted by Crippen LogP contribution is 2.36. The third-order valence-electron chi connectivity index (χ3n) is 11.6. The fourth-order valence-corrected chi connectivity index (χ4v) is 8.57. The van der Waals surface area contributed by atoms with Crippen molar-refractivity contribution in [3.8, 4) is 84.1 Å². The highest BCUT2D eigenvalue weighted by molar-refractivity contribution is 6.09. The minimum absolute atomic E-state index is 0.682. The number of rotatable bonds is 8. The van der Waals surface area contributed by atoms with E-state index >= 15 is 0 Å². The third-order valence-corrected chi connectivity index (χ3v) is 11.6. The Morgan fingerprint density at radius 1 is 0.246 bits per heavy atom.